The number of benzene rings is 6. The van der Waals surface area contributed by atoms with Gasteiger partial charge in [-0.25, -0.2) is 9.59 Å². The van der Waals surface area contributed by atoms with Gasteiger partial charge < -0.3 is 19.7 Å². The molecule has 0 amide bonds. The minimum atomic E-state index is -0.816. The van der Waals surface area contributed by atoms with E-state index in [-0.39, 0.29) is 0 Å². The van der Waals surface area contributed by atoms with Gasteiger partial charge in [-0.1, -0.05) is 202 Å². The Morgan fingerprint density at radius 2 is 0.528 bits per heavy atom. The summed E-state index contributed by atoms with van der Waals surface area (Å²) >= 11 is 13.8. The standard InChI is InChI=1S/C48H50O6S4.C42H46O2S4/c1-5-7-9-11-13-31-15-19-33(20-16-31)23-37(53-47(51)29(3)49)41-27-43-45(57-41)35-25-40-36(26-39(35)55-43)46-44(56-40)28-42(58-46)38(54-48(52)30(4)50)24-34-21-17-32(18-22-34)14-12-10-8-6-2;1-3-5-7-9-11-27-13-17-29(18-14-27)21-33(43)37-25-39-41(47-37)31-23-36-32(24-35(31)45-39)42-40(46-36)26-38(48-42)34(44)22-30-19-15-28(16-20-30)12-10-8-6-4-2/h15-22,25-28,37-38H,5-14,23-24H2,1-4H3;13-20,23-26,33-34,43-44H,3-12,21-22H2,1-2H3. The lowest BCUT2D eigenvalue weighted by Gasteiger charge is -2.16. The number of aliphatic hydroxyl groups is 2. The molecule has 0 fully saturated rings. The normalized spacial score (nSPS) is 13.1. The van der Waals surface area contributed by atoms with Gasteiger partial charge in [-0.2, -0.15) is 0 Å². The molecule has 0 aliphatic carbocycles. The minimum Gasteiger partial charge on any atom is -0.451 e. The molecule has 0 bridgehead atoms. The quantitative estimate of drug-likeness (QED) is 0.0226. The molecule has 106 heavy (non-hydrogen) atoms. The molecule has 0 spiro atoms. The average molecular weight is 1560 g/mol. The number of ether oxygens (including phenoxy) is 2. The molecule has 4 unspecified atom stereocenters. The van der Waals surface area contributed by atoms with Crippen LogP contribution in [0.1, 0.15) is 233 Å². The fraction of sp³-hybridized carbons (Fsp3) is 0.378. The van der Waals surface area contributed by atoms with Gasteiger partial charge >= 0.3 is 11.9 Å². The molecule has 16 heteroatoms. The van der Waals surface area contributed by atoms with Gasteiger partial charge in [0.15, 0.2) is 0 Å². The summed E-state index contributed by atoms with van der Waals surface area (Å²) < 4.78 is 26.2. The van der Waals surface area contributed by atoms with Crippen LogP contribution < -0.4 is 0 Å². The fourth-order valence-corrected chi connectivity index (χ4v) is 24.4. The maximum Gasteiger partial charge on any atom is 0.374 e. The van der Waals surface area contributed by atoms with Gasteiger partial charge in [0.05, 0.1) is 31.0 Å². The van der Waals surface area contributed by atoms with E-state index in [4.69, 9.17) is 9.47 Å². The van der Waals surface area contributed by atoms with E-state index >= 15 is 0 Å². The van der Waals surface area contributed by atoms with Crippen LogP contribution in [-0.4, -0.2) is 33.7 Å². The third kappa shape index (κ3) is 19.1. The number of carbonyl (C=O) groups is 4. The Morgan fingerprint density at radius 3 is 0.783 bits per heavy atom. The number of rotatable bonds is 36. The number of unbranched alkanes of at least 4 members (excludes halogenated alkanes) is 12. The molecule has 8 aromatic heterocycles. The van der Waals surface area contributed by atoms with Crippen LogP contribution in [0.5, 0.6) is 0 Å². The van der Waals surface area contributed by atoms with E-state index in [9.17, 15) is 29.4 Å². The number of carbonyl (C=O) groups excluding carboxylic acids is 4. The molecule has 0 saturated carbocycles. The number of esters is 2. The van der Waals surface area contributed by atoms with Crippen molar-refractivity contribution in [3.63, 3.8) is 0 Å². The topological polar surface area (TPSA) is 127 Å². The highest BCUT2D eigenvalue weighted by molar-refractivity contribution is 7.35. The van der Waals surface area contributed by atoms with E-state index in [0.717, 1.165) is 95.3 Å². The van der Waals surface area contributed by atoms with Crippen molar-refractivity contribution in [2.45, 2.75) is 220 Å². The summed E-state index contributed by atoms with van der Waals surface area (Å²) in [4.78, 5) is 53.2. The molecule has 552 valence electrons. The first-order chi connectivity index (χ1) is 51.6. The van der Waals surface area contributed by atoms with Gasteiger partial charge in [-0.05, 0) is 144 Å². The third-order valence-electron chi connectivity index (χ3n) is 20.3. The number of ketones is 2. The summed E-state index contributed by atoms with van der Waals surface area (Å²) in [5.41, 5.74) is 9.91. The van der Waals surface area contributed by atoms with Gasteiger partial charge in [0, 0.05) is 118 Å². The molecule has 0 radical (unpaired) electrons. The van der Waals surface area contributed by atoms with E-state index < -0.39 is 47.9 Å². The molecule has 0 saturated heterocycles. The number of hydrogen-bond donors (Lipinski definition) is 2. The van der Waals surface area contributed by atoms with Crippen molar-refractivity contribution in [1.82, 2.24) is 0 Å². The maximum atomic E-state index is 12.6. The van der Waals surface area contributed by atoms with Gasteiger partial charge in [-0.3, -0.25) is 9.59 Å². The summed E-state index contributed by atoms with van der Waals surface area (Å²) in [6, 6.07) is 52.7. The number of hydrogen-bond acceptors (Lipinski definition) is 16. The first-order valence-corrected chi connectivity index (χ1v) is 44.9. The van der Waals surface area contributed by atoms with Crippen LogP contribution in [0.25, 0.3) is 77.9 Å². The minimum absolute atomic E-state index is 0.488. The highest BCUT2D eigenvalue weighted by atomic mass is 32.1. The lowest BCUT2D eigenvalue weighted by Crippen LogP contribution is -2.18. The average Bonchev–Trinajstić information content (AvgIpc) is 1.59. The first kappa shape index (κ1) is 77.4. The van der Waals surface area contributed by atoms with E-state index in [1.54, 1.807) is 68.0 Å². The molecule has 0 aliphatic rings. The first-order valence-electron chi connectivity index (χ1n) is 38.3. The third-order valence-corrected chi connectivity index (χ3v) is 30.3. The van der Waals surface area contributed by atoms with Gasteiger partial charge in [0.1, 0.15) is 12.2 Å². The molecule has 8 heterocycles. The molecule has 2 N–H and O–H groups in total. The van der Waals surface area contributed by atoms with Gasteiger partial charge in [0.2, 0.25) is 11.6 Å². The Hall–Kier alpha value is -6.80. The van der Waals surface area contributed by atoms with Crippen LogP contribution in [0.15, 0.2) is 146 Å². The summed E-state index contributed by atoms with van der Waals surface area (Å²) in [7, 11) is 0. The lowest BCUT2D eigenvalue weighted by atomic mass is 10.0. The largest absolute Gasteiger partial charge is 0.451 e. The number of Topliss-reactive ketones (excluding diaryl/α,β-unsaturated/α-hetero) is 2. The van der Waals surface area contributed by atoms with Crippen molar-refractivity contribution < 1.29 is 38.9 Å². The summed E-state index contributed by atoms with van der Waals surface area (Å²) in [6.07, 6.45) is 24.6. The van der Waals surface area contributed by atoms with Crippen LogP contribution in [0.2, 0.25) is 0 Å². The van der Waals surface area contributed by atoms with Crippen molar-refractivity contribution in [3.8, 4) is 0 Å². The molecule has 14 rings (SSSR count). The molecule has 6 aromatic carbocycles. The summed E-state index contributed by atoms with van der Waals surface area (Å²) in [6.45, 7) is 11.5. The SMILES string of the molecule is CCCCCCc1ccc(CC(O)c2cc3sc4cc5c(cc4c3s2)sc2cc(C(O)Cc3ccc(CCCCCC)cc3)sc25)cc1.CCCCCCc1ccc(CC(OC(=O)C(C)=O)c2cc3sc4cc5c(cc4c3s2)sc2cc(C(Cc3ccc(CCCCCC)cc3)OC(=O)C(C)=O)sc25)cc1. The van der Waals surface area contributed by atoms with Crippen LogP contribution >= 0.6 is 90.7 Å². The predicted octanol–water partition coefficient (Wildman–Crippen LogP) is 27.0. The zero-order chi connectivity index (χ0) is 73.8. The predicted molar refractivity (Wildman–Crippen MR) is 457 cm³/mol. The van der Waals surface area contributed by atoms with Gasteiger partial charge in [-0.15, -0.1) is 90.7 Å². The van der Waals surface area contributed by atoms with Gasteiger partial charge in [0.25, 0.3) is 0 Å². The second-order valence-corrected chi connectivity index (χ2v) is 37.4. The number of thiophene rings is 8. The molecule has 0 aliphatic heterocycles. The maximum absolute atomic E-state index is 12.6. The molecular formula is C90H96O8S8. The van der Waals surface area contributed by atoms with Crippen molar-refractivity contribution in [2.75, 3.05) is 0 Å². The van der Waals surface area contributed by atoms with Crippen molar-refractivity contribution >= 4 is 192 Å². The number of aliphatic hydroxyl groups excluding tert-OH is 2. The van der Waals surface area contributed by atoms with Crippen LogP contribution in [0, 0.1) is 0 Å². The molecule has 4 atom stereocenters. The van der Waals surface area contributed by atoms with E-state index in [1.807, 2.05) is 22.7 Å². The van der Waals surface area contributed by atoms with E-state index in [2.05, 4.69) is 173 Å². The van der Waals surface area contributed by atoms with Crippen LogP contribution in [0.4, 0.5) is 0 Å². The Kier molecular flexibility index (Phi) is 26.7. The van der Waals surface area contributed by atoms with Crippen LogP contribution in [-0.2, 0) is 80.0 Å². The van der Waals surface area contributed by atoms with E-state index in [0.29, 0.717) is 25.7 Å². The Morgan fingerprint density at radius 1 is 0.292 bits per heavy atom. The Labute approximate surface area is 655 Å². The Balaban J connectivity index is 0.000000191. The van der Waals surface area contributed by atoms with Crippen molar-refractivity contribution in [3.05, 3.63) is 210 Å². The second kappa shape index (κ2) is 36.6. The van der Waals surface area contributed by atoms with Crippen LogP contribution in [0.3, 0.4) is 0 Å². The monoisotopic (exact) mass is 1560 g/mol. The molecule has 14 aromatic rings. The zero-order valence-electron chi connectivity index (χ0n) is 61.7. The van der Waals surface area contributed by atoms with Crippen molar-refractivity contribution in [1.29, 1.82) is 0 Å². The van der Waals surface area contributed by atoms with E-state index in [1.165, 1.54) is 189 Å². The Bertz CT molecular complexity index is 4970. The zero-order valence-corrected chi connectivity index (χ0v) is 68.3. The second-order valence-electron chi connectivity index (χ2n) is 28.7. The van der Waals surface area contributed by atoms with Crippen molar-refractivity contribution in [2.24, 2.45) is 0 Å². The number of aryl methyl sites for hydroxylation is 4. The highest BCUT2D eigenvalue weighted by Gasteiger charge is 2.28. The summed E-state index contributed by atoms with van der Waals surface area (Å²) in [5.74, 6) is -2.85. The fourth-order valence-electron chi connectivity index (χ4n) is 14.2. The summed E-state index contributed by atoms with van der Waals surface area (Å²) in [5, 5.41) is 27.3. The smallest absolute Gasteiger partial charge is 0.374 e. The molecule has 8 nitrogen and oxygen atoms in total. The molecular weight excluding hydrogens is 1470 g/mol. The number of fused-ring (bicyclic) bond motifs is 12. The lowest BCUT2D eigenvalue weighted by molar-refractivity contribution is -0.157. The highest BCUT2D eigenvalue weighted by Crippen LogP contribution is 2.51.